The van der Waals surface area contributed by atoms with E-state index in [4.69, 9.17) is 9.26 Å². The molecule has 0 saturated carbocycles. The number of carbonyl (C=O) groups is 1. The summed E-state index contributed by atoms with van der Waals surface area (Å²) < 4.78 is 10.3. The largest absolute Gasteiger partial charge is 0.466 e. The molecular formula is C13H12N2O3. The minimum atomic E-state index is -0.270. The molecule has 0 fully saturated rings. The maximum Gasteiger partial charge on any atom is 0.311 e. The predicted octanol–water partition coefficient (Wildman–Crippen LogP) is 2.41. The molecule has 0 amide bonds. The van der Waals surface area contributed by atoms with Gasteiger partial charge >= 0.3 is 5.97 Å². The van der Waals surface area contributed by atoms with E-state index in [2.05, 4.69) is 10.1 Å². The van der Waals surface area contributed by atoms with Crippen LogP contribution in [-0.2, 0) is 16.0 Å². The Morgan fingerprint density at radius 2 is 2.33 bits per heavy atom. The summed E-state index contributed by atoms with van der Waals surface area (Å²) >= 11 is 0. The molecular weight excluding hydrogens is 232 g/mol. The zero-order valence-electron chi connectivity index (χ0n) is 9.90. The molecule has 1 N–H and O–H groups in total. The average Bonchev–Trinajstić information content (AvgIpc) is 2.94. The van der Waals surface area contributed by atoms with Crippen molar-refractivity contribution >= 4 is 27.8 Å². The van der Waals surface area contributed by atoms with Gasteiger partial charge < -0.3 is 9.26 Å². The van der Waals surface area contributed by atoms with E-state index in [1.807, 2.05) is 18.2 Å². The van der Waals surface area contributed by atoms with Crippen LogP contribution < -0.4 is 0 Å². The van der Waals surface area contributed by atoms with E-state index < -0.39 is 0 Å². The lowest BCUT2D eigenvalue weighted by atomic mass is 10.1. The summed E-state index contributed by atoms with van der Waals surface area (Å²) in [5.74, 6) is -0.270. The van der Waals surface area contributed by atoms with Gasteiger partial charge in [-0.2, -0.15) is 0 Å². The van der Waals surface area contributed by atoms with E-state index in [9.17, 15) is 4.79 Å². The van der Waals surface area contributed by atoms with E-state index in [1.54, 1.807) is 13.1 Å². The van der Waals surface area contributed by atoms with Crippen molar-refractivity contribution in [1.82, 2.24) is 10.1 Å². The lowest BCUT2D eigenvalue weighted by Crippen LogP contribution is -2.07. The van der Waals surface area contributed by atoms with Crippen LogP contribution in [0.1, 0.15) is 12.6 Å². The van der Waals surface area contributed by atoms with Gasteiger partial charge in [0.25, 0.3) is 0 Å². The molecule has 0 saturated heterocycles. The molecule has 2 heterocycles. The van der Waals surface area contributed by atoms with Gasteiger partial charge in [0.1, 0.15) is 0 Å². The maximum absolute atomic E-state index is 11.5. The summed E-state index contributed by atoms with van der Waals surface area (Å²) in [5, 5.41) is 4.67. The number of aromatic amines is 1. The molecule has 2 aromatic heterocycles. The molecule has 5 nitrogen and oxygen atoms in total. The second-order valence-corrected chi connectivity index (χ2v) is 3.98. The first-order valence-electron chi connectivity index (χ1n) is 5.78. The second kappa shape index (κ2) is 4.18. The van der Waals surface area contributed by atoms with E-state index in [0.29, 0.717) is 6.61 Å². The number of nitrogens with one attached hydrogen (secondary N) is 1. The number of esters is 1. The fraction of sp³-hybridized carbons (Fsp3) is 0.231. The predicted molar refractivity (Wildman–Crippen MR) is 66.2 cm³/mol. The average molecular weight is 244 g/mol. The molecule has 3 rings (SSSR count). The molecule has 0 unspecified atom stereocenters. The van der Waals surface area contributed by atoms with Crippen molar-refractivity contribution in [3.63, 3.8) is 0 Å². The van der Waals surface area contributed by atoms with Crippen molar-refractivity contribution in [2.24, 2.45) is 0 Å². The monoisotopic (exact) mass is 244 g/mol. The van der Waals surface area contributed by atoms with Crippen LogP contribution in [0.15, 0.2) is 28.9 Å². The first kappa shape index (κ1) is 10.8. The third-order valence-electron chi connectivity index (χ3n) is 2.85. The number of fused-ring (bicyclic) bond motifs is 3. The summed E-state index contributed by atoms with van der Waals surface area (Å²) in [6, 6.07) is 5.65. The zero-order valence-corrected chi connectivity index (χ0v) is 9.90. The molecule has 0 spiro atoms. The summed E-state index contributed by atoms with van der Waals surface area (Å²) in [7, 11) is 0. The van der Waals surface area contributed by atoms with Gasteiger partial charge in [0.2, 0.25) is 0 Å². The van der Waals surface area contributed by atoms with Crippen LogP contribution in [0, 0.1) is 0 Å². The van der Waals surface area contributed by atoms with Gasteiger partial charge in [-0.05, 0) is 25.1 Å². The summed E-state index contributed by atoms with van der Waals surface area (Å²) in [4.78, 5) is 15.8. The van der Waals surface area contributed by atoms with Crippen LogP contribution in [0.4, 0.5) is 0 Å². The Bertz CT molecular complexity index is 711. The molecule has 92 valence electrons. The number of ether oxygens (including phenoxy) is 1. The fourth-order valence-electron chi connectivity index (χ4n) is 2.11. The van der Waals surface area contributed by atoms with E-state index in [1.165, 1.54) is 0 Å². The molecule has 0 aliphatic rings. The topological polar surface area (TPSA) is 68.1 Å². The highest BCUT2D eigenvalue weighted by atomic mass is 16.5. The van der Waals surface area contributed by atoms with Gasteiger partial charge in [-0.25, -0.2) is 5.16 Å². The smallest absolute Gasteiger partial charge is 0.311 e. The number of rotatable bonds is 3. The molecule has 0 bridgehead atoms. The van der Waals surface area contributed by atoms with E-state index >= 15 is 0 Å². The lowest BCUT2D eigenvalue weighted by molar-refractivity contribution is -0.142. The van der Waals surface area contributed by atoms with Crippen LogP contribution in [0.25, 0.3) is 21.9 Å². The van der Waals surface area contributed by atoms with Crippen LogP contribution in [-0.4, -0.2) is 22.7 Å². The van der Waals surface area contributed by atoms with Crippen molar-refractivity contribution in [3.8, 4) is 0 Å². The summed E-state index contributed by atoms with van der Waals surface area (Å²) in [5.41, 5.74) is 2.33. The van der Waals surface area contributed by atoms with Gasteiger partial charge in [0, 0.05) is 11.6 Å². The van der Waals surface area contributed by atoms with Crippen molar-refractivity contribution < 1.29 is 14.1 Å². The van der Waals surface area contributed by atoms with E-state index in [-0.39, 0.29) is 12.4 Å². The number of hydrogen-bond acceptors (Lipinski definition) is 4. The fourth-order valence-corrected chi connectivity index (χ4v) is 2.11. The Morgan fingerprint density at radius 1 is 1.44 bits per heavy atom. The first-order valence-corrected chi connectivity index (χ1v) is 5.78. The molecule has 0 aliphatic heterocycles. The number of H-pyrrole nitrogens is 1. The molecule has 18 heavy (non-hydrogen) atoms. The Hall–Kier alpha value is -2.30. The second-order valence-electron chi connectivity index (χ2n) is 3.98. The van der Waals surface area contributed by atoms with Crippen molar-refractivity contribution in [2.75, 3.05) is 6.61 Å². The highest BCUT2D eigenvalue weighted by Gasteiger charge is 2.14. The molecule has 3 aromatic rings. The van der Waals surface area contributed by atoms with Crippen LogP contribution in [0.2, 0.25) is 0 Å². The quantitative estimate of drug-likeness (QED) is 0.718. The number of hydrogen-bond donors (Lipinski definition) is 1. The number of aromatic nitrogens is 2. The highest BCUT2D eigenvalue weighted by Crippen LogP contribution is 2.27. The van der Waals surface area contributed by atoms with Crippen molar-refractivity contribution in [3.05, 3.63) is 30.1 Å². The van der Waals surface area contributed by atoms with Gasteiger partial charge in [0.05, 0.1) is 29.6 Å². The van der Waals surface area contributed by atoms with Gasteiger partial charge in [-0.3, -0.25) is 9.78 Å². The molecule has 0 aliphatic carbocycles. The third-order valence-corrected chi connectivity index (χ3v) is 2.85. The molecule has 5 heteroatoms. The SMILES string of the molecule is CCOC(=O)Cc1[nH]oc2ccc3nccc3c12. The van der Waals surface area contributed by atoms with Crippen LogP contribution in [0.5, 0.6) is 0 Å². The Balaban J connectivity index is 2.11. The number of nitrogens with zero attached hydrogens (tertiary/aromatic N) is 1. The van der Waals surface area contributed by atoms with Crippen molar-refractivity contribution in [1.29, 1.82) is 0 Å². The Kier molecular flexibility index (Phi) is 2.51. The highest BCUT2D eigenvalue weighted by molar-refractivity contribution is 6.06. The summed E-state index contributed by atoms with van der Waals surface area (Å²) in [6.45, 7) is 2.16. The minimum absolute atomic E-state index is 0.172. The molecule has 1 aromatic carbocycles. The minimum Gasteiger partial charge on any atom is -0.466 e. The number of benzene rings is 1. The lowest BCUT2D eigenvalue weighted by Gasteiger charge is -1.99. The number of carbonyl (C=O) groups excluding carboxylic acids is 1. The Labute approximate surface area is 103 Å². The van der Waals surface area contributed by atoms with Gasteiger partial charge in [-0.1, -0.05) is 0 Å². The van der Waals surface area contributed by atoms with E-state index in [0.717, 1.165) is 27.6 Å². The Morgan fingerprint density at radius 3 is 3.17 bits per heavy atom. The third kappa shape index (κ3) is 1.64. The van der Waals surface area contributed by atoms with Crippen molar-refractivity contribution in [2.45, 2.75) is 13.3 Å². The zero-order chi connectivity index (χ0) is 12.5. The van der Waals surface area contributed by atoms with Crippen LogP contribution in [0.3, 0.4) is 0 Å². The molecule has 0 atom stereocenters. The first-order chi connectivity index (χ1) is 8.79. The normalized spacial score (nSPS) is 11.2. The molecule has 0 radical (unpaired) electrons. The van der Waals surface area contributed by atoms with Crippen LogP contribution >= 0.6 is 0 Å². The van der Waals surface area contributed by atoms with Gasteiger partial charge in [0.15, 0.2) is 5.58 Å². The maximum atomic E-state index is 11.5. The van der Waals surface area contributed by atoms with Gasteiger partial charge in [-0.15, -0.1) is 0 Å². The summed E-state index contributed by atoms with van der Waals surface area (Å²) in [6.07, 6.45) is 1.91. The standard InChI is InChI=1S/C13H12N2O3/c1-2-17-12(16)7-10-13-8-5-6-14-9(8)3-4-11(13)18-15-10/h3-6,15H,2,7H2,1H3.